The lowest BCUT2D eigenvalue weighted by Gasteiger charge is -2.42. The second-order valence-corrected chi connectivity index (χ2v) is 15.0. The zero-order valence-electron chi connectivity index (χ0n) is 19.6. The first-order valence-electron chi connectivity index (χ1n) is 10.5. The molecule has 0 amide bonds. The molecule has 0 heterocycles. The standard InChI is InChI=1S/C24H38O4Si/c1-10-27-22(26-6)28-21-16-19-18(23(2,3)12-13-24(19,4)5)15-17(21)20(25)11-14-29(7,8)9/h15-16,20,22,25H,10,12-13H2,1-9H3. The molecule has 0 radical (unpaired) electrons. The van der Waals surface area contributed by atoms with E-state index in [-0.39, 0.29) is 10.8 Å². The molecule has 0 spiro atoms. The van der Waals surface area contributed by atoms with Gasteiger partial charge in [-0.15, -0.1) is 5.54 Å². The Labute approximate surface area is 178 Å². The largest absolute Gasteiger partial charge is 0.441 e. The third kappa shape index (κ3) is 5.85. The Morgan fingerprint density at radius 3 is 2.10 bits per heavy atom. The van der Waals surface area contributed by atoms with Crippen molar-refractivity contribution in [2.24, 2.45) is 0 Å². The van der Waals surface area contributed by atoms with E-state index in [1.807, 2.05) is 6.92 Å². The second-order valence-electron chi connectivity index (χ2n) is 10.2. The molecule has 1 aromatic carbocycles. The van der Waals surface area contributed by atoms with E-state index < -0.39 is 20.7 Å². The molecular formula is C24H38O4Si. The van der Waals surface area contributed by atoms with Crippen LogP contribution in [0.2, 0.25) is 19.6 Å². The molecule has 5 heteroatoms. The smallest absolute Gasteiger partial charge is 0.315 e. The fourth-order valence-electron chi connectivity index (χ4n) is 3.68. The molecule has 0 aliphatic heterocycles. The number of methoxy groups -OCH3 is 1. The zero-order chi connectivity index (χ0) is 22.0. The average Bonchev–Trinajstić information content (AvgIpc) is 2.62. The molecule has 1 N–H and O–H groups in total. The minimum Gasteiger partial charge on any atom is -0.441 e. The van der Waals surface area contributed by atoms with E-state index in [0.717, 1.165) is 12.8 Å². The molecule has 1 aliphatic rings. The first-order valence-corrected chi connectivity index (χ1v) is 14.0. The first kappa shape index (κ1) is 24.0. The van der Waals surface area contributed by atoms with Gasteiger partial charge in [-0.05, 0) is 53.9 Å². The van der Waals surface area contributed by atoms with E-state index in [1.54, 1.807) is 7.11 Å². The highest BCUT2D eigenvalue weighted by atomic mass is 28.3. The van der Waals surface area contributed by atoms with Gasteiger partial charge in [-0.1, -0.05) is 53.3 Å². The summed E-state index contributed by atoms with van der Waals surface area (Å²) in [4.78, 5) is 0. The maximum absolute atomic E-state index is 11.0. The van der Waals surface area contributed by atoms with E-state index in [1.165, 1.54) is 11.1 Å². The van der Waals surface area contributed by atoms with Crippen LogP contribution in [0.3, 0.4) is 0 Å². The van der Waals surface area contributed by atoms with Crippen LogP contribution in [0.5, 0.6) is 5.75 Å². The third-order valence-corrected chi connectivity index (χ3v) is 6.47. The van der Waals surface area contributed by atoms with Crippen molar-refractivity contribution in [3.05, 3.63) is 28.8 Å². The molecular weight excluding hydrogens is 380 g/mol. The highest BCUT2D eigenvalue weighted by Gasteiger charge is 2.38. The molecule has 2 atom stereocenters. The lowest BCUT2D eigenvalue weighted by Crippen LogP contribution is -2.34. The van der Waals surface area contributed by atoms with Crippen molar-refractivity contribution in [2.45, 2.75) is 90.5 Å². The number of hydrogen-bond acceptors (Lipinski definition) is 4. The van der Waals surface area contributed by atoms with Gasteiger partial charge < -0.3 is 19.3 Å². The monoisotopic (exact) mass is 418 g/mol. The Bertz CT molecular complexity index is 781. The fraction of sp³-hybridized carbons (Fsp3) is 0.667. The summed E-state index contributed by atoms with van der Waals surface area (Å²) in [6.07, 6.45) is 1.29. The number of benzene rings is 1. The van der Waals surface area contributed by atoms with Crippen molar-refractivity contribution < 1.29 is 19.3 Å². The van der Waals surface area contributed by atoms with E-state index in [2.05, 4.69) is 70.9 Å². The van der Waals surface area contributed by atoms with Crippen molar-refractivity contribution in [2.75, 3.05) is 13.7 Å². The third-order valence-electron chi connectivity index (χ3n) is 5.58. The summed E-state index contributed by atoms with van der Waals surface area (Å²) in [6.45, 7) is 17.1. The topological polar surface area (TPSA) is 47.9 Å². The van der Waals surface area contributed by atoms with Gasteiger partial charge in [0, 0.05) is 12.7 Å². The summed E-state index contributed by atoms with van der Waals surface area (Å²) < 4.78 is 16.9. The van der Waals surface area contributed by atoms with Gasteiger partial charge >= 0.3 is 6.48 Å². The van der Waals surface area contributed by atoms with Crippen molar-refractivity contribution in [3.63, 3.8) is 0 Å². The van der Waals surface area contributed by atoms with Crippen molar-refractivity contribution in [3.8, 4) is 17.2 Å². The van der Waals surface area contributed by atoms with Crippen LogP contribution in [0.15, 0.2) is 12.1 Å². The Morgan fingerprint density at radius 1 is 1.07 bits per heavy atom. The lowest BCUT2D eigenvalue weighted by molar-refractivity contribution is -0.231. The molecule has 2 unspecified atom stereocenters. The predicted octanol–water partition coefficient (Wildman–Crippen LogP) is 5.30. The molecule has 1 aliphatic carbocycles. The van der Waals surface area contributed by atoms with Crippen LogP contribution in [0, 0.1) is 11.5 Å². The van der Waals surface area contributed by atoms with Crippen LogP contribution in [0.25, 0.3) is 0 Å². The Hall–Kier alpha value is -1.32. The maximum atomic E-state index is 11.0. The summed E-state index contributed by atoms with van der Waals surface area (Å²) in [5.41, 5.74) is 6.54. The number of aliphatic hydroxyl groups is 1. The summed E-state index contributed by atoms with van der Waals surface area (Å²) in [6, 6.07) is 4.16. The van der Waals surface area contributed by atoms with E-state index in [9.17, 15) is 5.11 Å². The molecule has 162 valence electrons. The predicted molar refractivity (Wildman–Crippen MR) is 121 cm³/mol. The molecule has 0 bridgehead atoms. The van der Waals surface area contributed by atoms with Gasteiger partial charge in [0.15, 0.2) is 0 Å². The van der Waals surface area contributed by atoms with Crippen molar-refractivity contribution >= 4 is 8.07 Å². The minimum absolute atomic E-state index is 0.0324. The molecule has 0 saturated carbocycles. The molecule has 0 aromatic heterocycles. The van der Waals surface area contributed by atoms with Crippen molar-refractivity contribution in [1.29, 1.82) is 0 Å². The molecule has 1 aromatic rings. The summed E-state index contributed by atoms with van der Waals surface area (Å²) in [5, 5.41) is 11.0. The quantitative estimate of drug-likeness (QED) is 0.387. The Morgan fingerprint density at radius 2 is 1.62 bits per heavy atom. The van der Waals surface area contributed by atoms with E-state index >= 15 is 0 Å². The molecule has 0 fully saturated rings. The van der Waals surface area contributed by atoms with E-state index in [4.69, 9.17) is 14.2 Å². The summed E-state index contributed by atoms with van der Waals surface area (Å²) in [7, 11) is -0.0645. The van der Waals surface area contributed by atoms with Crippen molar-refractivity contribution in [1.82, 2.24) is 0 Å². The Kier molecular flexibility index (Phi) is 7.28. The SMILES string of the molecule is CCOC(OC)Oc1cc2c(cc1C(O)C#C[Si](C)(C)C)C(C)(C)CCC2(C)C. The number of hydrogen-bond donors (Lipinski definition) is 1. The molecule has 0 saturated heterocycles. The lowest BCUT2D eigenvalue weighted by atomic mass is 9.63. The van der Waals surface area contributed by atoms with Crippen LogP contribution < -0.4 is 4.74 Å². The van der Waals surface area contributed by atoms with Gasteiger partial charge in [0.25, 0.3) is 0 Å². The zero-order valence-corrected chi connectivity index (χ0v) is 20.6. The summed E-state index contributed by atoms with van der Waals surface area (Å²) in [5.74, 6) is 3.64. The molecule has 2 rings (SSSR count). The van der Waals surface area contributed by atoms with Gasteiger partial charge in [-0.25, -0.2) is 0 Å². The number of ether oxygens (including phenoxy) is 3. The van der Waals surface area contributed by atoms with Gasteiger partial charge in [0.1, 0.15) is 19.9 Å². The van der Waals surface area contributed by atoms with Crippen LogP contribution in [-0.2, 0) is 20.3 Å². The number of aliphatic hydroxyl groups excluding tert-OH is 1. The fourth-order valence-corrected chi connectivity index (χ4v) is 4.25. The molecule has 29 heavy (non-hydrogen) atoms. The van der Waals surface area contributed by atoms with Gasteiger partial charge in [0.2, 0.25) is 0 Å². The van der Waals surface area contributed by atoms with E-state index in [0.29, 0.717) is 17.9 Å². The Balaban J connectivity index is 2.63. The average molecular weight is 419 g/mol. The highest BCUT2D eigenvalue weighted by Crippen LogP contribution is 2.48. The van der Waals surface area contributed by atoms with Crippen LogP contribution >= 0.6 is 0 Å². The van der Waals surface area contributed by atoms with Crippen LogP contribution in [0.1, 0.15) is 70.3 Å². The summed E-state index contributed by atoms with van der Waals surface area (Å²) >= 11 is 0. The first-order chi connectivity index (χ1) is 13.3. The molecule has 4 nitrogen and oxygen atoms in total. The number of fused-ring (bicyclic) bond motifs is 1. The van der Waals surface area contributed by atoms with Crippen LogP contribution in [0.4, 0.5) is 0 Å². The highest BCUT2D eigenvalue weighted by molar-refractivity contribution is 6.83. The minimum atomic E-state index is -1.61. The van der Waals surface area contributed by atoms with Gasteiger partial charge in [0.05, 0.1) is 6.61 Å². The normalized spacial score (nSPS) is 19.5. The van der Waals surface area contributed by atoms with Gasteiger partial charge in [-0.2, -0.15) is 0 Å². The van der Waals surface area contributed by atoms with Crippen LogP contribution in [-0.4, -0.2) is 33.4 Å². The second kappa shape index (κ2) is 8.81. The maximum Gasteiger partial charge on any atom is 0.315 e. The van der Waals surface area contributed by atoms with Gasteiger partial charge in [-0.3, -0.25) is 0 Å². The number of rotatable bonds is 6.